The molecule has 32 heavy (non-hydrogen) atoms. The molecule has 3 aromatic carbocycles. The number of hydrogen-bond donors (Lipinski definition) is 1. The highest BCUT2D eigenvalue weighted by Gasteiger charge is 2.30. The van der Waals surface area contributed by atoms with Gasteiger partial charge in [0.2, 0.25) is 6.10 Å². The SMILES string of the molecule is COc1ccc(C)cc1NC(=O)C(OC(=O)c1cc(Cl)ccc1[N+](=O)[O-])c1ccccc1. The molecule has 3 aromatic rings. The molecule has 3 rings (SSSR count). The van der Waals surface area contributed by atoms with Gasteiger partial charge >= 0.3 is 5.97 Å². The molecule has 0 aliphatic carbocycles. The van der Waals surface area contributed by atoms with Crippen LogP contribution in [0.2, 0.25) is 5.02 Å². The van der Waals surface area contributed by atoms with E-state index >= 15 is 0 Å². The van der Waals surface area contributed by atoms with Crippen LogP contribution in [0.15, 0.2) is 66.7 Å². The van der Waals surface area contributed by atoms with Gasteiger partial charge < -0.3 is 14.8 Å². The maximum atomic E-state index is 13.1. The van der Waals surface area contributed by atoms with E-state index in [-0.39, 0.29) is 10.6 Å². The van der Waals surface area contributed by atoms with Gasteiger partial charge in [0.05, 0.1) is 17.7 Å². The first-order valence-corrected chi connectivity index (χ1v) is 9.83. The largest absolute Gasteiger partial charge is 0.495 e. The smallest absolute Gasteiger partial charge is 0.346 e. The number of carbonyl (C=O) groups excluding carboxylic acids is 2. The molecular weight excluding hydrogens is 436 g/mol. The molecule has 0 saturated heterocycles. The number of ether oxygens (including phenoxy) is 2. The zero-order chi connectivity index (χ0) is 23.3. The Balaban J connectivity index is 1.95. The van der Waals surface area contributed by atoms with Gasteiger partial charge in [-0.05, 0) is 36.8 Å². The van der Waals surface area contributed by atoms with E-state index in [1.807, 2.05) is 13.0 Å². The Kier molecular flexibility index (Phi) is 7.07. The molecule has 1 amide bonds. The lowest BCUT2D eigenvalue weighted by atomic mass is 10.1. The summed E-state index contributed by atoms with van der Waals surface area (Å²) in [5.41, 5.74) is 0.818. The number of carbonyl (C=O) groups is 2. The van der Waals surface area contributed by atoms with Crippen LogP contribution in [0, 0.1) is 17.0 Å². The highest BCUT2D eigenvalue weighted by molar-refractivity contribution is 6.31. The predicted molar refractivity (Wildman–Crippen MR) is 119 cm³/mol. The Morgan fingerprint density at radius 1 is 1.06 bits per heavy atom. The van der Waals surface area contributed by atoms with Crippen molar-refractivity contribution in [2.24, 2.45) is 0 Å². The Labute approximate surface area is 188 Å². The third-order valence-electron chi connectivity index (χ3n) is 4.55. The molecule has 0 bridgehead atoms. The first kappa shape index (κ1) is 22.8. The fourth-order valence-electron chi connectivity index (χ4n) is 3.02. The molecule has 0 aromatic heterocycles. The molecule has 164 valence electrons. The monoisotopic (exact) mass is 454 g/mol. The molecule has 1 atom stereocenters. The molecular formula is C23H19ClN2O6. The number of benzene rings is 3. The van der Waals surface area contributed by atoms with E-state index < -0.39 is 28.6 Å². The number of nitrogens with zero attached hydrogens (tertiary/aromatic N) is 1. The minimum atomic E-state index is -1.38. The van der Waals surface area contributed by atoms with Crippen LogP contribution < -0.4 is 10.1 Å². The minimum absolute atomic E-state index is 0.118. The van der Waals surface area contributed by atoms with Crippen molar-refractivity contribution in [3.63, 3.8) is 0 Å². The van der Waals surface area contributed by atoms with Crippen molar-refractivity contribution in [2.45, 2.75) is 13.0 Å². The van der Waals surface area contributed by atoms with Crippen molar-refractivity contribution >= 4 is 34.9 Å². The molecule has 0 fully saturated rings. The molecule has 0 radical (unpaired) electrons. The van der Waals surface area contributed by atoms with E-state index in [1.54, 1.807) is 42.5 Å². The number of esters is 1. The number of halogens is 1. The number of hydrogen-bond acceptors (Lipinski definition) is 6. The second kappa shape index (κ2) is 9.93. The normalized spacial score (nSPS) is 11.3. The summed E-state index contributed by atoms with van der Waals surface area (Å²) >= 11 is 5.91. The van der Waals surface area contributed by atoms with E-state index in [0.29, 0.717) is 17.0 Å². The van der Waals surface area contributed by atoms with Crippen molar-refractivity contribution in [3.8, 4) is 5.75 Å². The van der Waals surface area contributed by atoms with Gasteiger partial charge in [0.1, 0.15) is 11.3 Å². The second-order valence-electron chi connectivity index (χ2n) is 6.81. The number of nitro benzene ring substituents is 1. The van der Waals surface area contributed by atoms with Gasteiger partial charge in [0, 0.05) is 16.7 Å². The first-order valence-electron chi connectivity index (χ1n) is 9.45. The number of methoxy groups -OCH3 is 1. The van der Waals surface area contributed by atoms with Crippen LogP contribution >= 0.6 is 11.6 Å². The van der Waals surface area contributed by atoms with E-state index in [0.717, 1.165) is 17.7 Å². The van der Waals surface area contributed by atoms with Gasteiger partial charge in [-0.2, -0.15) is 0 Å². The van der Waals surface area contributed by atoms with Crippen LogP contribution in [-0.2, 0) is 9.53 Å². The summed E-state index contributed by atoms with van der Waals surface area (Å²) < 4.78 is 10.7. The number of anilines is 1. The Bertz CT molecular complexity index is 1170. The summed E-state index contributed by atoms with van der Waals surface area (Å²) in [6, 6.07) is 17.1. The van der Waals surface area contributed by atoms with Crippen molar-refractivity contribution < 1.29 is 24.0 Å². The lowest BCUT2D eigenvalue weighted by Crippen LogP contribution is -2.26. The van der Waals surface area contributed by atoms with Gasteiger partial charge in [0.15, 0.2) is 0 Å². The van der Waals surface area contributed by atoms with Crippen molar-refractivity contribution in [1.82, 2.24) is 0 Å². The Morgan fingerprint density at radius 3 is 2.44 bits per heavy atom. The van der Waals surface area contributed by atoms with Crippen LogP contribution in [0.1, 0.15) is 27.6 Å². The molecule has 1 unspecified atom stereocenters. The predicted octanol–water partition coefficient (Wildman–Crippen LogP) is 5.10. The lowest BCUT2D eigenvalue weighted by Gasteiger charge is -2.19. The summed E-state index contributed by atoms with van der Waals surface area (Å²) in [4.78, 5) is 36.6. The molecule has 1 N–H and O–H groups in total. The lowest BCUT2D eigenvalue weighted by molar-refractivity contribution is -0.385. The second-order valence-corrected chi connectivity index (χ2v) is 7.24. The van der Waals surface area contributed by atoms with Crippen LogP contribution in [0.5, 0.6) is 5.75 Å². The quantitative estimate of drug-likeness (QED) is 0.302. The third-order valence-corrected chi connectivity index (χ3v) is 4.79. The Hall–Kier alpha value is -3.91. The van der Waals surface area contributed by atoms with Crippen molar-refractivity contribution in [3.05, 3.63) is 98.6 Å². The van der Waals surface area contributed by atoms with E-state index in [4.69, 9.17) is 21.1 Å². The van der Waals surface area contributed by atoms with Crippen LogP contribution in [0.4, 0.5) is 11.4 Å². The third kappa shape index (κ3) is 5.22. The van der Waals surface area contributed by atoms with Crippen LogP contribution in [0.3, 0.4) is 0 Å². The molecule has 0 heterocycles. The fraction of sp³-hybridized carbons (Fsp3) is 0.130. The Morgan fingerprint density at radius 2 is 1.78 bits per heavy atom. The zero-order valence-corrected chi connectivity index (χ0v) is 18.0. The summed E-state index contributed by atoms with van der Waals surface area (Å²) in [6.45, 7) is 1.85. The highest BCUT2D eigenvalue weighted by atomic mass is 35.5. The molecule has 0 spiro atoms. The van der Waals surface area contributed by atoms with Crippen molar-refractivity contribution in [1.29, 1.82) is 0 Å². The van der Waals surface area contributed by atoms with Gasteiger partial charge in [-0.3, -0.25) is 14.9 Å². The van der Waals surface area contributed by atoms with E-state index in [9.17, 15) is 19.7 Å². The number of amides is 1. The zero-order valence-electron chi connectivity index (χ0n) is 17.2. The standard InChI is InChI=1S/C23H19ClN2O6/c1-14-8-11-20(31-2)18(12-14)25-22(27)21(15-6-4-3-5-7-15)32-23(28)17-13-16(24)9-10-19(17)26(29)30/h3-13,21H,1-2H3,(H,25,27). The minimum Gasteiger partial charge on any atom is -0.495 e. The highest BCUT2D eigenvalue weighted by Crippen LogP contribution is 2.30. The first-order chi connectivity index (χ1) is 15.3. The maximum Gasteiger partial charge on any atom is 0.346 e. The van der Waals surface area contributed by atoms with E-state index in [2.05, 4.69) is 5.32 Å². The summed E-state index contributed by atoms with van der Waals surface area (Å²) in [5.74, 6) is -1.29. The molecule has 9 heteroatoms. The van der Waals surface area contributed by atoms with Gasteiger partial charge in [0.25, 0.3) is 11.6 Å². The maximum absolute atomic E-state index is 13.1. The molecule has 8 nitrogen and oxygen atoms in total. The number of nitro groups is 1. The number of rotatable bonds is 7. The summed E-state index contributed by atoms with van der Waals surface area (Å²) in [6.07, 6.45) is -1.38. The number of nitrogens with one attached hydrogen (secondary N) is 1. The van der Waals surface area contributed by atoms with Gasteiger partial charge in [-0.1, -0.05) is 48.0 Å². The summed E-state index contributed by atoms with van der Waals surface area (Å²) in [5, 5.41) is 14.2. The molecule has 0 saturated carbocycles. The van der Waals surface area contributed by atoms with Crippen molar-refractivity contribution in [2.75, 3.05) is 12.4 Å². The average Bonchev–Trinajstić information content (AvgIpc) is 2.77. The topological polar surface area (TPSA) is 108 Å². The average molecular weight is 455 g/mol. The molecule has 0 aliphatic heterocycles. The van der Waals surface area contributed by atoms with E-state index in [1.165, 1.54) is 13.2 Å². The fourth-order valence-corrected chi connectivity index (χ4v) is 3.19. The number of aryl methyl sites for hydroxylation is 1. The van der Waals surface area contributed by atoms with Gasteiger partial charge in [-0.15, -0.1) is 0 Å². The summed E-state index contributed by atoms with van der Waals surface area (Å²) in [7, 11) is 1.47. The van der Waals surface area contributed by atoms with Crippen LogP contribution in [0.25, 0.3) is 0 Å². The van der Waals surface area contributed by atoms with Crippen LogP contribution in [-0.4, -0.2) is 23.9 Å². The van der Waals surface area contributed by atoms with Gasteiger partial charge in [-0.25, -0.2) is 4.79 Å². The molecule has 0 aliphatic rings.